The van der Waals surface area contributed by atoms with Crippen molar-refractivity contribution in [1.29, 1.82) is 0 Å². The number of benzene rings is 1. The fourth-order valence-electron chi connectivity index (χ4n) is 1.76. The van der Waals surface area contributed by atoms with E-state index in [1.807, 2.05) is 24.3 Å². The van der Waals surface area contributed by atoms with Crippen molar-refractivity contribution in [3.63, 3.8) is 0 Å². The Kier molecular flexibility index (Phi) is 4.36. The van der Waals surface area contributed by atoms with Gasteiger partial charge in [-0.05, 0) is 23.6 Å². The molecule has 0 amide bonds. The number of rotatable bonds is 5. The van der Waals surface area contributed by atoms with E-state index in [-0.39, 0.29) is 17.1 Å². The summed E-state index contributed by atoms with van der Waals surface area (Å²) in [6.07, 6.45) is 3.66. The first kappa shape index (κ1) is 14.5. The van der Waals surface area contributed by atoms with E-state index in [1.165, 1.54) is 24.0 Å². The van der Waals surface area contributed by atoms with Gasteiger partial charge in [-0.1, -0.05) is 31.2 Å². The summed E-state index contributed by atoms with van der Waals surface area (Å²) in [6, 6.07) is 9.26. The summed E-state index contributed by atoms with van der Waals surface area (Å²) in [6.45, 7) is 2.30. The lowest BCUT2D eigenvalue weighted by Gasteiger charge is -2.08. The smallest absolute Gasteiger partial charge is 0.244 e. The second-order valence-electron chi connectivity index (χ2n) is 4.41. The van der Waals surface area contributed by atoms with E-state index >= 15 is 0 Å². The number of nitrogens with two attached hydrogens (primary N) is 1. The largest absolute Gasteiger partial charge is 0.398 e. The van der Waals surface area contributed by atoms with Gasteiger partial charge < -0.3 is 5.73 Å². The van der Waals surface area contributed by atoms with Crippen molar-refractivity contribution in [2.24, 2.45) is 0 Å². The number of anilines is 1. The van der Waals surface area contributed by atoms with Gasteiger partial charge in [-0.15, -0.1) is 0 Å². The van der Waals surface area contributed by atoms with E-state index in [0.717, 1.165) is 12.0 Å². The molecule has 1 heterocycles. The summed E-state index contributed by atoms with van der Waals surface area (Å²) in [5, 5.41) is 0. The van der Waals surface area contributed by atoms with E-state index in [4.69, 9.17) is 5.73 Å². The molecule has 1 aromatic heterocycles. The van der Waals surface area contributed by atoms with Crippen molar-refractivity contribution in [2.45, 2.75) is 24.8 Å². The molecule has 0 atom stereocenters. The Morgan fingerprint density at radius 1 is 1.15 bits per heavy atom. The Labute approximate surface area is 118 Å². The summed E-state index contributed by atoms with van der Waals surface area (Å²) in [5.74, 6) is 0. The van der Waals surface area contributed by atoms with Crippen LogP contribution >= 0.6 is 0 Å². The number of sulfonamides is 1. The molecule has 0 radical (unpaired) electrons. The van der Waals surface area contributed by atoms with Crippen LogP contribution in [0.2, 0.25) is 0 Å². The summed E-state index contributed by atoms with van der Waals surface area (Å²) >= 11 is 0. The Balaban J connectivity index is 2.11. The van der Waals surface area contributed by atoms with Crippen LogP contribution in [0.4, 0.5) is 5.69 Å². The van der Waals surface area contributed by atoms with Crippen molar-refractivity contribution >= 4 is 15.7 Å². The molecule has 0 saturated heterocycles. The number of aryl methyl sites for hydroxylation is 1. The molecule has 0 saturated carbocycles. The van der Waals surface area contributed by atoms with Crippen molar-refractivity contribution in [3.05, 3.63) is 53.9 Å². The van der Waals surface area contributed by atoms with Crippen LogP contribution in [0, 0.1) is 0 Å². The monoisotopic (exact) mass is 291 g/mol. The molecule has 0 aliphatic heterocycles. The molecular formula is C14H17N3O2S. The minimum atomic E-state index is -3.64. The number of aromatic nitrogens is 1. The molecule has 1 aromatic carbocycles. The molecule has 0 unspecified atom stereocenters. The summed E-state index contributed by atoms with van der Waals surface area (Å²) in [5.41, 5.74) is 7.96. The van der Waals surface area contributed by atoms with Crippen LogP contribution in [-0.2, 0) is 23.0 Å². The molecule has 106 valence electrons. The molecule has 0 aliphatic rings. The molecule has 2 rings (SSSR count). The molecule has 20 heavy (non-hydrogen) atoms. The van der Waals surface area contributed by atoms with E-state index in [9.17, 15) is 8.42 Å². The highest BCUT2D eigenvalue weighted by atomic mass is 32.2. The van der Waals surface area contributed by atoms with Gasteiger partial charge in [-0.25, -0.2) is 13.1 Å². The van der Waals surface area contributed by atoms with Crippen LogP contribution in [0.5, 0.6) is 0 Å². The maximum atomic E-state index is 12.1. The van der Waals surface area contributed by atoms with Crippen molar-refractivity contribution in [2.75, 3.05) is 5.73 Å². The number of hydrogen-bond donors (Lipinski definition) is 2. The topological polar surface area (TPSA) is 85.1 Å². The van der Waals surface area contributed by atoms with Gasteiger partial charge >= 0.3 is 0 Å². The fraction of sp³-hybridized carbons (Fsp3) is 0.214. The normalized spacial score (nSPS) is 11.4. The molecule has 0 fully saturated rings. The summed E-state index contributed by atoms with van der Waals surface area (Å²) < 4.78 is 26.8. The molecule has 6 heteroatoms. The number of hydrogen-bond acceptors (Lipinski definition) is 4. The van der Waals surface area contributed by atoms with E-state index in [1.54, 1.807) is 0 Å². The molecule has 0 spiro atoms. The molecule has 5 nitrogen and oxygen atoms in total. The first-order valence-electron chi connectivity index (χ1n) is 6.30. The van der Waals surface area contributed by atoms with Gasteiger partial charge in [0.2, 0.25) is 10.0 Å². The minimum absolute atomic E-state index is 0.00479. The molecule has 0 aliphatic carbocycles. The minimum Gasteiger partial charge on any atom is -0.398 e. The predicted molar refractivity (Wildman–Crippen MR) is 78.5 cm³/mol. The lowest BCUT2D eigenvalue weighted by Crippen LogP contribution is -2.24. The maximum Gasteiger partial charge on any atom is 0.244 e. The average Bonchev–Trinajstić information content (AvgIpc) is 2.46. The Bertz CT molecular complexity index is 682. The zero-order valence-corrected chi connectivity index (χ0v) is 12.0. The fourth-order valence-corrected chi connectivity index (χ4v) is 2.85. The predicted octanol–water partition coefficient (Wildman–Crippen LogP) is 1.70. The Morgan fingerprint density at radius 2 is 1.80 bits per heavy atom. The summed E-state index contributed by atoms with van der Waals surface area (Å²) in [7, 11) is -3.64. The van der Waals surface area contributed by atoms with Crippen LogP contribution in [0.15, 0.2) is 47.6 Å². The zero-order valence-electron chi connectivity index (χ0n) is 11.2. The highest BCUT2D eigenvalue weighted by Crippen LogP contribution is 2.16. The first-order valence-corrected chi connectivity index (χ1v) is 7.78. The third kappa shape index (κ3) is 3.34. The second kappa shape index (κ2) is 6.02. The number of pyridine rings is 1. The van der Waals surface area contributed by atoms with Gasteiger partial charge in [0.25, 0.3) is 0 Å². The van der Waals surface area contributed by atoms with Crippen LogP contribution in [-0.4, -0.2) is 13.4 Å². The van der Waals surface area contributed by atoms with Crippen LogP contribution in [0.3, 0.4) is 0 Å². The van der Waals surface area contributed by atoms with E-state index < -0.39 is 10.0 Å². The summed E-state index contributed by atoms with van der Waals surface area (Å²) in [4.78, 5) is 3.80. The third-order valence-corrected chi connectivity index (χ3v) is 4.45. The first-order chi connectivity index (χ1) is 9.53. The number of nitrogens with one attached hydrogen (secondary N) is 1. The third-order valence-electron chi connectivity index (χ3n) is 3.00. The molecular weight excluding hydrogens is 274 g/mol. The molecule has 0 bridgehead atoms. The standard InChI is InChI=1S/C14H17N3O2S/c1-2-11-3-5-12(6-4-11)9-17-20(18,19)14-10-16-8-7-13(14)15/h3-8,10,17H,2,9H2,1H3,(H2,15,16). The lowest BCUT2D eigenvalue weighted by molar-refractivity contribution is 0.581. The number of nitrogens with zero attached hydrogens (tertiary/aromatic N) is 1. The second-order valence-corrected chi connectivity index (χ2v) is 6.14. The van der Waals surface area contributed by atoms with Crippen LogP contribution < -0.4 is 10.5 Å². The van der Waals surface area contributed by atoms with Crippen LogP contribution in [0.1, 0.15) is 18.1 Å². The van der Waals surface area contributed by atoms with Crippen molar-refractivity contribution in [1.82, 2.24) is 9.71 Å². The number of nitrogen functional groups attached to an aromatic ring is 1. The highest BCUT2D eigenvalue weighted by Gasteiger charge is 2.16. The van der Waals surface area contributed by atoms with Gasteiger partial charge in [0.1, 0.15) is 4.90 Å². The Hall–Kier alpha value is -1.92. The molecule has 3 N–H and O–H groups in total. The maximum absolute atomic E-state index is 12.1. The Morgan fingerprint density at radius 3 is 2.40 bits per heavy atom. The van der Waals surface area contributed by atoms with Crippen molar-refractivity contribution in [3.8, 4) is 0 Å². The van der Waals surface area contributed by atoms with E-state index in [0.29, 0.717) is 0 Å². The zero-order chi connectivity index (χ0) is 14.6. The van der Waals surface area contributed by atoms with Crippen LogP contribution in [0.25, 0.3) is 0 Å². The van der Waals surface area contributed by atoms with E-state index in [2.05, 4.69) is 16.6 Å². The average molecular weight is 291 g/mol. The van der Waals surface area contributed by atoms with Gasteiger partial charge in [-0.3, -0.25) is 4.98 Å². The van der Waals surface area contributed by atoms with Gasteiger partial charge in [0.05, 0.1) is 5.69 Å². The highest BCUT2D eigenvalue weighted by molar-refractivity contribution is 7.89. The van der Waals surface area contributed by atoms with Gasteiger partial charge in [0.15, 0.2) is 0 Å². The van der Waals surface area contributed by atoms with Gasteiger partial charge in [0, 0.05) is 18.9 Å². The lowest BCUT2D eigenvalue weighted by atomic mass is 10.1. The van der Waals surface area contributed by atoms with Crippen molar-refractivity contribution < 1.29 is 8.42 Å². The molecule has 2 aromatic rings. The van der Waals surface area contributed by atoms with Gasteiger partial charge in [-0.2, -0.15) is 0 Å². The quantitative estimate of drug-likeness (QED) is 0.878. The SMILES string of the molecule is CCc1ccc(CNS(=O)(=O)c2cnccc2N)cc1.